The Labute approximate surface area is 80.3 Å². The van der Waals surface area contributed by atoms with Gasteiger partial charge in [-0.05, 0) is 0 Å². The van der Waals surface area contributed by atoms with Crippen LogP contribution in [0.5, 0.6) is 0 Å². The van der Waals surface area contributed by atoms with E-state index in [4.69, 9.17) is 0 Å². The van der Waals surface area contributed by atoms with Gasteiger partial charge in [-0.2, -0.15) is 39.5 Å². The molecule has 0 heterocycles. The van der Waals surface area contributed by atoms with E-state index in [1.807, 2.05) is 0 Å². The van der Waals surface area contributed by atoms with Crippen LogP contribution < -0.4 is 0 Å². The molecule has 0 aliphatic carbocycles. The maximum absolute atomic E-state index is 11.5. The summed E-state index contributed by atoms with van der Waals surface area (Å²) in [6.45, 7) is 0. The van der Waals surface area contributed by atoms with Crippen LogP contribution in [0.4, 0.5) is 39.5 Å². The van der Waals surface area contributed by atoms with E-state index in [9.17, 15) is 44.3 Å². The maximum Gasteiger partial charge on any atom is 0.500 e. The normalized spacial score (nSPS) is 14.1. The van der Waals surface area contributed by atoms with E-state index < -0.39 is 29.8 Å². The van der Waals surface area contributed by atoms with Crippen LogP contribution in [0.25, 0.3) is 0 Å². The van der Waals surface area contributed by atoms with Gasteiger partial charge in [-0.15, -0.1) is 0 Å². The van der Waals surface area contributed by atoms with Gasteiger partial charge < -0.3 is 4.84 Å². The average molecular weight is 265 g/mol. The molecule has 0 rings (SSSR count). The molecule has 0 aliphatic rings. The first-order valence-corrected chi connectivity index (χ1v) is 2.99. The van der Waals surface area contributed by atoms with Gasteiger partial charge in [0.1, 0.15) is 0 Å². The second kappa shape index (κ2) is 3.99. The second-order valence-electron chi connectivity index (χ2n) is 2.11. The van der Waals surface area contributed by atoms with Gasteiger partial charge in [0.05, 0.1) is 5.06 Å². The lowest BCUT2D eigenvalue weighted by molar-refractivity contribution is -0.471. The van der Waals surface area contributed by atoms with Crippen LogP contribution in [0.2, 0.25) is 0 Å². The quantitative estimate of drug-likeness (QED) is 0.414. The highest BCUT2D eigenvalue weighted by molar-refractivity contribution is 5.75. The topological polar surface area (TPSA) is 29.5 Å². The van der Waals surface area contributed by atoms with Gasteiger partial charge >= 0.3 is 24.7 Å². The van der Waals surface area contributed by atoms with Crippen LogP contribution in [0.15, 0.2) is 0 Å². The van der Waals surface area contributed by atoms with E-state index in [1.165, 1.54) is 0 Å². The number of hydroxylamine groups is 2. The molecular weight excluding hydrogens is 265 g/mol. The summed E-state index contributed by atoms with van der Waals surface area (Å²) in [6.07, 6.45) is -18.6. The Bertz CT molecular complexity index is 248. The van der Waals surface area contributed by atoms with Crippen LogP contribution >= 0.6 is 0 Å². The number of halogens is 9. The Kier molecular flexibility index (Phi) is 3.69. The number of nitrogens with zero attached hydrogens (tertiary/aromatic N) is 1. The molecule has 0 N–H and O–H groups in total. The molecule has 12 heteroatoms. The molecule has 3 nitrogen and oxygen atoms in total. The van der Waals surface area contributed by atoms with Crippen molar-refractivity contribution in [3.05, 3.63) is 0 Å². The van der Waals surface area contributed by atoms with Gasteiger partial charge in [0.2, 0.25) is 0 Å². The predicted molar refractivity (Wildman–Crippen MR) is 26.1 cm³/mol. The molecule has 0 fully saturated rings. The van der Waals surface area contributed by atoms with Gasteiger partial charge in [-0.3, -0.25) is 0 Å². The first-order chi connectivity index (χ1) is 6.76. The van der Waals surface area contributed by atoms with E-state index in [0.717, 1.165) is 0 Å². The minimum absolute atomic E-state index is 2.16. The zero-order valence-electron chi connectivity index (χ0n) is 6.67. The number of hydrogen-bond acceptors (Lipinski definition) is 3. The largest absolute Gasteiger partial charge is 0.500 e. The smallest absolute Gasteiger partial charge is 0.344 e. The summed E-state index contributed by atoms with van der Waals surface area (Å²) in [7, 11) is 0. The Balaban J connectivity index is 4.93. The molecule has 0 aliphatic heterocycles. The summed E-state index contributed by atoms with van der Waals surface area (Å²) < 4.78 is 103. The molecule has 0 aromatic carbocycles. The average Bonchev–Trinajstić information content (AvgIpc) is 1.92. The molecule has 96 valence electrons. The Morgan fingerprint density at radius 2 is 1.12 bits per heavy atom. The number of rotatable bonds is 1. The number of alkyl halides is 9. The molecule has 0 amide bonds. The van der Waals surface area contributed by atoms with E-state index in [-0.39, 0.29) is 0 Å². The first-order valence-electron chi connectivity index (χ1n) is 2.99. The zero-order valence-corrected chi connectivity index (χ0v) is 6.67. The van der Waals surface area contributed by atoms with Gasteiger partial charge in [-0.1, -0.05) is 0 Å². The number of carbonyl (C=O) groups is 1. The highest BCUT2D eigenvalue weighted by atomic mass is 19.4. The van der Waals surface area contributed by atoms with Crippen molar-refractivity contribution in [2.24, 2.45) is 0 Å². The third kappa shape index (κ3) is 4.12. The van der Waals surface area contributed by atoms with Crippen LogP contribution in [-0.2, 0) is 9.63 Å². The van der Waals surface area contributed by atoms with Crippen molar-refractivity contribution in [1.82, 2.24) is 5.06 Å². The molecule has 0 spiro atoms. The molecule has 0 atom stereocenters. The van der Waals surface area contributed by atoms with Crippen molar-refractivity contribution in [3.63, 3.8) is 0 Å². The second-order valence-corrected chi connectivity index (χ2v) is 2.11. The van der Waals surface area contributed by atoms with Crippen molar-refractivity contribution in [3.8, 4) is 0 Å². The summed E-state index contributed by atoms with van der Waals surface area (Å²) in [4.78, 5) is 11.9. The standard InChI is InChI=1S/C4F9NO2/c5-2(6,7)1(15)16-14(3(8,9)10)4(11,12)13. The fourth-order valence-corrected chi connectivity index (χ4v) is 0.382. The fourth-order valence-electron chi connectivity index (χ4n) is 0.382. The molecule has 0 aromatic rings. The summed E-state index contributed by atoms with van der Waals surface area (Å²) in [6, 6.07) is 0. The lowest BCUT2D eigenvalue weighted by atomic mass is 10.7. The summed E-state index contributed by atoms with van der Waals surface area (Å²) >= 11 is 0. The molecule has 0 saturated carbocycles. The molecule has 0 saturated heterocycles. The van der Waals surface area contributed by atoms with Crippen LogP contribution in [0, 0.1) is 0 Å². The van der Waals surface area contributed by atoms with Gasteiger partial charge in [0.25, 0.3) is 0 Å². The van der Waals surface area contributed by atoms with E-state index in [1.54, 1.807) is 0 Å². The lowest BCUT2D eigenvalue weighted by Crippen LogP contribution is -2.50. The van der Waals surface area contributed by atoms with Crippen molar-refractivity contribution >= 4 is 5.97 Å². The van der Waals surface area contributed by atoms with Gasteiger partial charge in [0, 0.05) is 0 Å². The Hall–Kier alpha value is -1.20. The number of carbonyl (C=O) groups excluding carboxylic acids is 1. The molecule has 0 unspecified atom stereocenters. The molecule has 0 aromatic heterocycles. The van der Waals surface area contributed by atoms with E-state index >= 15 is 0 Å². The van der Waals surface area contributed by atoms with Gasteiger partial charge in [-0.25, -0.2) is 4.79 Å². The van der Waals surface area contributed by atoms with Crippen LogP contribution in [-0.4, -0.2) is 29.8 Å². The summed E-state index contributed by atoms with van der Waals surface area (Å²) in [5.74, 6) is -3.64. The fraction of sp³-hybridized carbons (Fsp3) is 0.750. The van der Waals surface area contributed by atoms with Gasteiger partial charge in [0.15, 0.2) is 0 Å². The molecular formula is C4F9NO2. The summed E-state index contributed by atoms with van der Waals surface area (Å²) in [5, 5.41) is -2.95. The lowest BCUT2D eigenvalue weighted by Gasteiger charge is -2.24. The maximum atomic E-state index is 11.5. The highest BCUT2D eigenvalue weighted by Crippen LogP contribution is 2.34. The third-order valence-corrected chi connectivity index (χ3v) is 0.866. The monoisotopic (exact) mass is 265 g/mol. The van der Waals surface area contributed by atoms with E-state index in [2.05, 4.69) is 4.84 Å². The molecule has 16 heavy (non-hydrogen) atoms. The predicted octanol–water partition coefficient (Wildman–Crippen LogP) is 2.35. The molecule has 0 radical (unpaired) electrons. The Morgan fingerprint density at radius 3 is 1.31 bits per heavy atom. The van der Waals surface area contributed by atoms with Crippen molar-refractivity contribution < 1.29 is 49.1 Å². The highest BCUT2D eigenvalue weighted by Gasteiger charge is 2.60. The Morgan fingerprint density at radius 1 is 0.812 bits per heavy atom. The van der Waals surface area contributed by atoms with Crippen molar-refractivity contribution in [2.75, 3.05) is 0 Å². The first kappa shape index (κ1) is 14.8. The minimum atomic E-state index is -6.33. The number of hydrogen-bond donors (Lipinski definition) is 0. The van der Waals surface area contributed by atoms with E-state index in [0.29, 0.717) is 0 Å². The van der Waals surface area contributed by atoms with Crippen LogP contribution in [0.3, 0.4) is 0 Å². The minimum Gasteiger partial charge on any atom is -0.344 e. The molecule has 0 bridgehead atoms. The zero-order chi connectivity index (χ0) is 13.4. The SMILES string of the molecule is O=C(ON(C(F)(F)F)C(F)(F)F)C(F)(F)F. The van der Waals surface area contributed by atoms with Crippen molar-refractivity contribution in [2.45, 2.75) is 18.8 Å². The van der Waals surface area contributed by atoms with Crippen LogP contribution in [0.1, 0.15) is 0 Å². The van der Waals surface area contributed by atoms with Crippen molar-refractivity contribution in [1.29, 1.82) is 0 Å². The summed E-state index contributed by atoms with van der Waals surface area (Å²) in [5.41, 5.74) is 0. The third-order valence-electron chi connectivity index (χ3n) is 0.866.